The molecule has 16 heavy (non-hydrogen) atoms. The van der Waals surface area contributed by atoms with Crippen LogP contribution in [-0.2, 0) is 11.2 Å². The maximum Gasteiger partial charge on any atom is 0.134 e. The Hall–Kier alpha value is -1.48. The summed E-state index contributed by atoms with van der Waals surface area (Å²) in [7, 11) is 1.60. The number of hydrogen-bond donors (Lipinski definition) is 1. The Balaban J connectivity index is 2.67. The predicted octanol–water partition coefficient (Wildman–Crippen LogP) is 2.96. The summed E-state index contributed by atoms with van der Waals surface area (Å²) in [6.07, 6.45) is 2.19. The monoisotopic (exact) mass is 237 g/mol. The van der Waals surface area contributed by atoms with Crippen molar-refractivity contribution >= 4 is 28.3 Å². The summed E-state index contributed by atoms with van der Waals surface area (Å²) in [6.45, 7) is 1.57. The highest BCUT2D eigenvalue weighted by Gasteiger charge is 2.12. The van der Waals surface area contributed by atoms with Gasteiger partial charge in [0.15, 0.2) is 0 Å². The molecule has 0 saturated carbocycles. The number of ketones is 1. The van der Waals surface area contributed by atoms with E-state index in [-0.39, 0.29) is 5.78 Å². The molecule has 1 heterocycles. The van der Waals surface area contributed by atoms with Crippen LogP contribution in [0.25, 0.3) is 10.9 Å². The molecule has 0 saturated heterocycles. The number of carbonyl (C=O) groups is 1. The van der Waals surface area contributed by atoms with Gasteiger partial charge in [-0.25, -0.2) is 0 Å². The normalized spacial score (nSPS) is 10.7. The van der Waals surface area contributed by atoms with E-state index in [4.69, 9.17) is 16.3 Å². The van der Waals surface area contributed by atoms with E-state index in [0.717, 1.165) is 22.2 Å². The summed E-state index contributed by atoms with van der Waals surface area (Å²) in [4.78, 5) is 14.2. The lowest BCUT2D eigenvalue weighted by Crippen LogP contribution is -1.95. The smallest absolute Gasteiger partial charge is 0.134 e. The highest BCUT2D eigenvalue weighted by molar-refractivity contribution is 6.35. The lowest BCUT2D eigenvalue weighted by atomic mass is 10.1. The van der Waals surface area contributed by atoms with E-state index in [0.29, 0.717) is 11.4 Å². The van der Waals surface area contributed by atoms with Crippen LogP contribution in [0.4, 0.5) is 0 Å². The van der Waals surface area contributed by atoms with Gasteiger partial charge < -0.3 is 9.72 Å². The highest BCUT2D eigenvalue weighted by atomic mass is 35.5. The largest absolute Gasteiger partial charge is 0.496 e. The van der Waals surface area contributed by atoms with Crippen molar-refractivity contribution in [3.63, 3.8) is 0 Å². The summed E-state index contributed by atoms with van der Waals surface area (Å²) in [5, 5.41) is 1.52. The molecule has 84 valence electrons. The zero-order chi connectivity index (χ0) is 11.7. The fourth-order valence-electron chi connectivity index (χ4n) is 1.83. The van der Waals surface area contributed by atoms with Crippen LogP contribution in [-0.4, -0.2) is 17.9 Å². The van der Waals surface area contributed by atoms with Gasteiger partial charge in [-0.2, -0.15) is 0 Å². The lowest BCUT2D eigenvalue weighted by Gasteiger charge is -2.04. The molecule has 1 N–H and O–H groups in total. The minimum absolute atomic E-state index is 0.114. The number of ether oxygens (including phenoxy) is 1. The van der Waals surface area contributed by atoms with Crippen LogP contribution in [0.2, 0.25) is 5.02 Å². The molecule has 0 unspecified atom stereocenters. The molecule has 0 aliphatic heterocycles. The van der Waals surface area contributed by atoms with Gasteiger partial charge in [0, 0.05) is 18.0 Å². The van der Waals surface area contributed by atoms with Crippen molar-refractivity contribution in [1.82, 2.24) is 4.98 Å². The second-order valence-corrected chi connectivity index (χ2v) is 4.10. The summed E-state index contributed by atoms with van der Waals surface area (Å²) in [5.74, 6) is 0.847. The highest BCUT2D eigenvalue weighted by Crippen LogP contribution is 2.33. The molecule has 0 aliphatic carbocycles. The molecular formula is C12H12ClNO2. The van der Waals surface area contributed by atoms with Gasteiger partial charge in [0.05, 0.1) is 17.6 Å². The van der Waals surface area contributed by atoms with Crippen LogP contribution in [0.15, 0.2) is 18.3 Å². The second kappa shape index (κ2) is 4.18. The lowest BCUT2D eigenvalue weighted by molar-refractivity contribution is -0.116. The Morgan fingerprint density at radius 2 is 2.25 bits per heavy atom. The number of fused-ring (bicyclic) bond motifs is 1. The third-order valence-corrected chi connectivity index (χ3v) is 2.80. The van der Waals surface area contributed by atoms with E-state index in [2.05, 4.69) is 4.98 Å². The molecule has 0 fully saturated rings. The quantitative estimate of drug-likeness (QED) is 0.892. The fourth-order valence-corrected chi connectivity index (χ4v) is 2.04. The van der Waals surface area contributed by atoms with E-state index in [1.807, 2.05) is 6.07 Å². The average Bonchev–Trinajstić information content (AvgIpc) is 2.63. The number of aromatic nitrogens is 1. The van der Waals surface area contributed by atoms with E-state index >= 15 is 0 Å². The maximum atomic E-state index is 11.2. The summed E-state index contributed by atoms with van der Waals surface area (Å²) >= 11 is 6.06. The van der Waals surface area contributed by atoms with Crippen LogP contribution in [0.3, 0.4) is 0 Å². The summed E-state index contributed by atoms with van der Waals surface area (Å²) in [6, 6.07) is 3.58. The number of hydrogen-bond acceptors (Lipinski definition) is 2. The van der Waals surface area contributed by atoms with Gasteiger partial charge in [-0.15, -0.1) is 0 Å². The van der Waals surface area contributed by atoms with Crippen molar-refractivity contribution < 1.29 is 9.53 Å². The van der Waals surface area contributed by atoms with E-state index < -0.39 is 0 Å². The fraction of sp³-hybridized carbons (Fsp3) is 0.250. The Morgan fingerprint density at radius 1 is 1.50 bits per heavy atom. The standard InChI is InChI=1S/C12H12ClNO2/c1-7(15)5-8-6-14-12-9(13)3-4-10(16-2)11(8)12/h3-4,6,14H,5H2,1-2H3. The minimum atomic E-state index is 0.114. The number of rotatable bonds is 3. The molecule has 0 bridgehead atoms. The van der Waals surface area contributed by atoms with Crippen molar-refractivity contribution in [3.05, 3.63) is 28.9 Å². The number of nitrogens with one attached hydrogen (secondary N) is 1. The van der Waals surface area contributed by atoms with Crippen LogP contribution in [0.5, 0.6) is 5.75 Å². The topological polar surface area (TPSA) is 42.1 Å². The van der Waals surface area contributed by atoms with Gasteiger partial charge in [0.25, 0.3) is 0 Å². The molecule has 0 atom stereocenters. The molecule has 0 radical (unpaired) electrons. The molecule has 2 aromatic rings. The van der Waals surface area contributed by atoms with Crippen LogP contribution >= 0.6 is 11.6 Å². The summed E-state index contributed by atoms with van der Waals surface area (Å²) in [5.41, 5.74) is 1.74. The molecule has 0 amide bonds. The number of benzene rings is 1. The number of H-pyrrole nitrogens is 1. The maximum absolute atomic E-state index is 11.2. The van der Waals surface area contributed by atoms with Crippen molar-refractivity contribution in [2.75, 3.05) is 7.11 Å². The van der Waals surface area contributed by atoms with Crippen LogP contribution in [0, 0.1) is 0 Å². The van der Waals surface area contributed by atoms with Crippen molar-refractivity contribution in [2.24, 2.45) is 0 Å². The first kappa shape index (κ1) is 11.0. The first-order valence-corrected chi connectivity index (χ1v) is 5.33. The molecule has 0 spiro atoms. The SMILES string of the molecule is COc1ccc(Cl)c2[nH]cc(CC(C)=O)c12. The first-order chi connectivity index (χ1) is 7.63. The Morgan fingerprint density at radius 3 is 2.88 bits per heavy atom. The van der Waals surface area contributed by atoms with Crippen molar-refractivity contribution in [3.8, 4) is 5.75 Å². The number of aromatic amines is 1. The van der Waals surface area contributed by atoms with Gasteiger partial charge in [-0.05, 0) is 24.6 Å². The number of halogens is 1. The van der Waals surface area contributed by atoms with Gasteiger partial charge in [0.1, 0.15) is 11.5 Å². The van der Waals surface area contributed by atoms with Gasteiger partial charge in [-0.3, -0.25) is 4.79 Å². The van der Waals surface area contributed by atoms with Crippen LogP contribution in [0.1, 0.15) is 12.5 Å². The minimum Gasteiger partial charge on any atom is -0.496 e. The predicted molar refractivity (Wildman–Crippen MR) is 64.2 cm³/mol. The van der Waals surface area contributed by atoms with Crippen LogP contribution < -0.4 is 4.74 Å². The van der Waals surface area contributed by atoms with E-state index in [9.17, 15) is 4.79 Å². The molecule has 0 aliphatic rings. The average molecular weight is 238 g/mol. The number of methoxy groups -OCH3 is 1. The van der Waals surface area contributed by atoms with E-state index in [1.54, 1.807) is 26.3 Å². The number of carbonyl (C=O) groups excluding carboxylic acids is 1. The Kier molecular flexibility index (Phi) is 2.88. The molecule has 1 aromatic heterocycles. The van der Waals surface area contributed by atoms with E-state index in [1.165, 1.54) is 0 Å². The molecule has 3 nitrogen and oxygen atoms in total. The molecular weight excluding hydrogens is 226 g/mol. The molecule has 4 heteroatoms. The zero-order valence-corrected chi connectivity index (χ0v) is 9.89. The van der Waals surface area contributed by atoms with Crippen molar-refractivity contribution in [1.29, 1.82) is 0 Å². The first-order valence-electron chi connectivity index (χ1n) is 4.95. The zero-order valence-electron chi connectivity index (χ0n) is 9.13. The Bertz CT molecular complexity index is 545. The third-order valence-electron chi connectivity index (χ3n) is 2.49. The second-order valence-electron chi connectivity index (χ2n) is 3.69. The summed E-state index contributed by atoms with van der Waals surface area (Å²) < 4.78 is 5.27. The number of Topliss-reactive ketones (excluding diaryl/α,β-unsaturated/α-hetero) is 1. The van der Waals surface area contributed by atoms with Gasteiger partial charge >= 0.3 is 0 Å². The Labute approximate surface area is 98.4 Å². The van der Waals surface area contributed by atoms with Gasteiger partial charge in [-0.1, -0.05) is 11.6 Å². The molecule has 1 aromatic carbocycles. The van der Waals surface area contributed by atoms with Gasteiger partial charge in [0.2, 0.25) is 0 Å². The van der Waals surface area contributed by atoms with Crippen molar-refractivity contribution in [2.45, 2.75) is 13.3 Å². The third kappa shape index (κ3) is 1.78. The molecule has 2 rings (SSSR count).